The summed E-state index contributed by atoms with van der Waals surface area (Å²) < 4.78 is 17.0. The van der Waals surface area contributed by atoms with Crippen LogP contribution in [0.15, 0.2) is 57.2 Å². The number of hydrogen-bond donors (Lipinski definition) is 2. The number of aromatic nitrogens is 1. The van der Waals surface area contributed by atoms with E-state index in [1.807, 2.05) is 39.8 Å². The van der Waals surface area contributed by atoms with Crippen molar-refractivity contribution < 1.29 is 14.3 Å². The molecule has 2 aliphatic heterocycles. The van der Waals surface area contributed by atoms with E-state index in [1.165, 1.54) is 17.8 Å². The van der Waals surface area contributed by atoms with Crippen molar-refractivity contribution in [2.75, 3.05) is 36.8 Å². The van der Waals surface area contributed by atoms with Gasteiger partial charge in [0.1, 0.15) is 11.4 Å². The van der Waals surface area contributed by atoms with E-state index in [1.54, 1.807) is 17.8 Å². The molecule has 1 saturated heterocycles. The maximum atomic E-state index is 15.0. The summed E-state index contributed by atoms with van der Waals surface area (Å²) in [5.74, 6) is -1.15. The molecule has 160 valence electrons. The quantitative estimate of drug-likeness (QED) is 0.620. The van der Waals surface area contributed by atoms with Crippen LogP contribution in [0.25, 0.3) is 10.9 Å². The summed E-state index contributed by atoms with van der Waals surface area (Å²) >= 11 is 2.98. The van der Waals surface area contributed by atoms with Crippen LogP contribution in [0.5, 0.6) is 0 Å². The molecule has 0 aliphatic carbocycles. The average molecular weight is 458 g/mol. The number of benzene rings is 2. The summed E-state index contributed by atoms with van der Waals surface area (Å²) in [6, 6.07) is 12.8. The van der Waals surface area contributed by atoms with Crippen LogP contribution < -0.4 is 15.6 Å². The highest BCUT2D eigenvalue weighted by Crippen LogP contribution is 2.46. The van der Waals surface area contributed by atoms with Gasteiger partial charge in [0.05, 0.1) is 21.6 Å². The molecule has 3 aromatic rings. The van der Waals surface area contributed by atoms with Crippen molar-refractivity contribution in [1.82, 2.24) is 9.88 Å². The lowest BCUT2D eigenvalue weighted by Gasteiger charge is -2.30. The van der Waals surface area contributed by atoms with Crippen LogP contribution in [0.2, 0.25) is 0 Å². The van der Waals surface area contributed by atoms with Crippen LogP contribution in [0.3, 0.4) is 0 Å². The first-order valence-electron chi connectivity index (χ1n) is 10.00. The average Bonchev–Trinajstić information content (AvgIpc) is 3.18. The van der Waals surface area contributed by atoms with E-state index in [9.17, 15) is 14.7 Å². The van der Waals surface area contributed by atoms with Crippen LogP contribution in [0, 0.1) is 5.82 Å². The highest BCUT2D eigenvalue weighted by atomic mass is 32.2. The van der Waals surface area contributed by atoms with Gasteiger partial charge in [0.25, 0.3) is 0 Å². The third-order valence-electron chi connectivity index (χ3n) is 5.57. The van der Waals surface area contributed by atoms with Crippen molar-refractivity contribution in [2.45, 2.75) is 15.3 Å². The van der Waals surface area contributed by atoms with E-state index >= 15 is 4.39 Å². The summed E-state index contributed by atoms with van der Waals surface area (Å²) in [6.45, 7) is 2.86. The topological polar surface area (TPSA) is 74.6 Å². The molecule has 0 spiro atoms. The number of fused-ring (bicyclic) bond motifs is 3. The Labute approximate surface area is 186 Å². The van der Waals surface area contributed by atoms with E-state index < -0.39 is 17.2 Å². The zero-order valence-electron chi connectivity index (χ0n) is 16.5. The van der Waals surface area contributed by atoms with Crippen LogP contribution in [-0.4, -0.2) is 47.6 Å². The maximum Gasteiger partial charge on any atom is 0.342 e. The standard InChI is InChI=1S/C22H20FN3O3S2/c23-15-10-14-16(11-17(15)25-8-6-24-7-9-25)26-18(31-13-4-2-1-3-5-13)12-30-21(26)19(20(14)27)22(28)29/h1-5,10-11,18,24H,6-9,12H2,(H,28,29). The molecule has 3 heterocycles. The van der Waals surface area contributed by atoms with Gasteiger partial charge in [-0.25, -0.2) is 9.18 Å². The summed E-state index contributed by atoms with van der Waals surface area (Å²) in [5.41, 5.74) is 0.130. The molecule has 1 aromatic heterocycles. The molecule has 0 bridgehead atoms. The fourth-order valence-corrected chi connectivity index (χ4v) is 6.76. The number of anilines is 1. The minimum atomic E-state index is -1.28. The normalized spacial score (nSPS) is 18.4. The summed E-state index contributed by atoms with van der Waals surface area (Å²) in [4.78, 5) is 28.0. The Morgan fingerprint density at radius 3 is 2.65 bits per heavy atom. The number of carboxylic acids is 1. The molecule has 31 heavy (non-hydrogen) atoms. The molecule has 2 aliphatic rings. The number of nitrogens with zero attached hydrogens (tertiary/aromatic N) is 2. The highest BCUT2D eigenvalue weighted by molar-refractivity contribution is 8.03. The molecule has 0 radical (unpaired) electrons. The largest absolute Gasteiger partial charge is 0.477 e. The van der Waals surface area contributed by atoms with Crippen LogP contribution in [0.1, 0.15) is 15.7 Å². The monoisotopic (exact) mass is 457 g/mol. The lowest BCUT2D eigenvalue weighted by atomic mass is 10.1. The maximum absolute atomic E-state index is 15.0. The van der Waals surface area contributed by atoms with E-state index in [-0.39, 0.29) is 16.3 Å². The molecule has 0 saturated carbocycles. The number of halogens is 1. The van der Waals surface area contributed by atoms with Gasteiger partial charge in [-0.1, -0.05) is 30.0 Å². The highest BCUT2D eigenvalue weighted by Gasteiger charge is 2.32. The summed E-state index contributed by atoms with van der Waals surface area (Å²) in [6.07, 6.45) is 0. The van der Waals surface area contributed by atoms with Gasteiger partial charge < -0.3 is 19.9 Å². The fraction of sp³-hybridized carbons (Fsp3) is 0.273. The first-order valence-corrected chi connectivity index (χ1v) is 11.9. The number of piperazine rings is 1. The Balaban J connectivity index is 1.72. The van der Waals surface area contributed by atoms with Crippen LogP contribution in [-0.2, 0) is 0 Å². The second kappa shape index (κ2) is 8.22. The second-order valence-corrected chi connectivity index (χ2v) is 9.70. The summed E-state index contributed by atoms with van der Waals surface area (Å²) in [7, 11) is 0. The molecule has 1 unspecified atom stereocenters. The third kappa shape index (κ3) is 3.60. The van der Waals surface area contributed by atoms with Crippen molar-refractivity contribution in [1.29, 1.82) is 0 Å². The van der Waals surface area contributed by atoms with Crippen molar-refractivity contribution in [3.8, 4) is 0 Å². The Morgan fingerprint density at radius 2 is 1.94 bits per heavy atom. The van der Waals surface area contributed by atoms with Crippen molar-refractivity contribution in [3.63, 3.8) is 0 Å². The Bertz CT molecular complexity index is 1230. The first kappa shape index (κ1) is 20.4. The molecule has 0 amide bonds. The lowest BCUT2D eigenvalue weighted by molar-refractivity contribution is 0.0690. The van der Waals surface area contributed by atoms with Crippen molar-refractivity contribution >= 4 is 46.1 Å². The zero-order valence-corrected chi connectivity index (χ0v) is 18.1. The van der Waals surface area contributed by atoms with Crippen LogP contribution in [0.4, 0.5) is 10.1 Å². The van der Waals surface area contributed by atoms with Crippen molar-refractivity contribution in [3.05, 3.63) is 64.1 Å². The van der Waals surface area contributed by atoms with Crippen molar-refractivity contribution in [2.24, 2.45) is 0 Å². The summed E-state index contributed by atoms with van der Waals surface area (Å²) in [5, 5.41) is 13.4. The van der Waals surface area contributed by atoms with Gasteiger partial charge in [-0.2, -0.15) is 0 Å². The predicted molar refractivity (Wildman–Crippen MR) is 122 cm³/mol. The Morgan fingerprint density at radius 1 is 1.19 bits per heavy atom. The van der Waals surface area contributed by atoms with Gasteiger partial charge in [-0.3, -0.25) is 4.79 Å². The number of carboxylic acid groups (broad SMARTS) is 1. The number of carbonyl (C=O) groups is 1. The van der Waals surface area contributed by atoms with Gasteiger partial charge in [0, 0.05) is 42.2 Å². The number of pyridine rings is 1. The molecule has 2 N–H and O–H groups in total. The molecule has 1 atom stereocenters. The molecule has 6 nitrogen and oxygen atoms in total. The predicted octanol–water partition coefficient (Wildman–Crippen LogP) is 3.65. The molecular weight excluding hydrogens is 437 g/mol. The molecule has 2 aromatic carbocycles. The number of aromatic carboxylic acids is 1. The van der Waals surface area contributed by atoms with E-state index in [2.05, 4.69) is 5.32 Å². The number of thioether (sulfide) groups is 2. The Kier molecular flexibility index (Phi) is 5.41. The van der Waals surface area contributed by atoms with E-state index in [0.29, 0.717) is 35.1 Å². The lowest BCUT2D eigenvalue weighted by Crippen LogP contribution is -2.44. The van der Waals surface area contributed by atoms with Gasteiger partial charge in [-0.15, -0.1) is 11.8 Å². The molecule has 9 heteroatoms. The Hall–Kier alpha value is -2.49. The second-order valence-electron chi connectivity index (χ2n) is 7.44. The minimum absolute atomic E-state index is 0.107. The smallest absolute Gasteiger partial charge is 0.342 e. The number of hydrogen-bond acceptors (Lipinski definition) is 6. The zero-order chi connectivity index (χ0) is 21.5. The van der Waals surface area contributed by atoms with Gasteiger partial charge >= 0.3 is 5.97 Å². The SMILES string of the molecule is O=C(O)c1c2n(c3cc(N4CCNCC4)c(F)cc3c1=O)C(Sc1ccccc1)CS2. The van der Waals surface area contributed by atoms with Gasteiger partial charge in [0.2, 0.25) is 5.43 Å². The molecule has 1 fully saturated rings. The van der Waals surface area contributed by atoms with Gasteiger partial charge in [0.15, 0.2) is 0 Å². The number of nitrogens with one attached hydrogen (secondary N) is 1. The van der Waals surface area contributed by atoms with Crippen LogP contribution >= 0.6 is 23.5 Å². The molecule has 5 rings (SSSR count). The third-order valence-corrected chi connectivity index (χ3v) is 8.13. The number of rotatable bonds is 4. The first-order chi connectivity index (χ1) is 15.0. The molecular formula is C22H20FN3O3S2. The fourth-order valence-electron chi connectivity index (χ4n) is 4.13. The van der Waals surface area contributed by atoms with E-state index in [0.717, 1.165) is 18.0 Å². The van der Waals surface area contributed by atoms with E-state index in [4.69, 9.17) is 0 Å². The van der Waals surface area contributed by atoms with Gasteiger partial charge in [-0.05, 0) is 24.3 Å². The minimum Gasteiger partial charge on any atom is -0.477 e.